The average Bonchev–Trinajstić information content (AvgIpc) is 2.91. The van der Waals surface area contributed by atoms with E-state index in [1.807, 2.05) is 0 Å². The van der Waals surface area contributed by atoms with E-state index in [0.29, 0.717) is 31.8 Å². The van der Waals surface area contributed by atoms with Crippen LogP contribution in [0, 0.1) is 25.2 Å². The highest BCUT2D eigenvalue weighted by Crippen LogP contribution is 2.34. The zero-order chi connectivity index (χ0) is 30.1. The molecule has 2 aromatic rings. The Bertz CT molecular complexity index is 1310. The molecule has 2 heterocycles. The molecule has 1 saturated carbocycles. The second kappa shape index (κ2) is 13.3. The van der Waals surface area contributed by atoms with Gasteiger partial charge in [-0.1, -0.05) is 79.5 Å². The van der Waals surface area contributed by atoms with Crippen molar-refractivity contribution in [3.63, 3.8) is 0 Å². The van der Waals surface area contributed by atoms with Crippen LogP contribution in [0.15, 0.2) is 46.9 Å². The summed E-state index contributed by atoms with van der Waals surface area (Å²) in [6.45, 7) is 13.4. The molecule has 42 heavy (non-hydrogen) atoms. The van der Waals surface area contributed by atoms with E-state index in [-0.39, 0.29) is 23.7 Å². The van der Waals surface area contributed by atoms with E-state index in [1.54, 1.807) is 0 Å². The first-order chi connectivity index (χ1) is 19.9. The number of nitrogens with zero attached hydrogens (tertiary/aromatic N) is 1. The molecule has 3 N–H and O–H groups in total. The van der Waals surface area contributed by atoms with Crippen molar-refractivity contribution in [2.75, 3.05) is 13.2 Å². The minimum Gasteiger partial charge on any atom is -0.362 e. The molecule has 0 amide bonds. The van der Waals surface area contributed by atoms with Gasteiger partial charge in [-0.05, 0) is 79.2 Å². The Morgan fingerprint density at radius 2 is 1.74 bits per heavy atom. The van der Waals surface area contributed by atoms with Gasteiger partial charge in [-0.3, -0.25) is 15.5 Å². The largest absolute Gasteiger partial charge is 0.362 e. The molecule has 3 fully saturated rings. The predicted molar refractivity (Wildman–Crippen MR) is 173 cm³/mol. The molecule has 0 spiro atoms. The van der Waals surface area contributed by atoms with Crippen LogP contribution in [0.25, 0.3) is 0 Å². The number of benzene rings is 2. The van der Waals surface area contributed by atoms with Gasteiger partial charge < -0.3 is 4.74 Å². The number of ether oxygens (including phenoxy) is 1. The summed E-state index contributed by atoms with van der Waals surface area (Å²) >= 11 is 3.78. The lowest BCUT2D eigenvalue weighted by molar-refractivity contribution is -0.0515. The standard InChI is InChI=1S/C33H49BrN4O3S/c1-22-10-8-11-23(2)31(22)29-17-30-36-32(35-29)37-42(39,40)27-14-9-12-24(16-27)19-38(20-25-13-6-7-15-28(25)34)26(21-41-30)18-33(3,4)5/h6-8,10-11,13,15,24,26-27,29-30,32,35-37H,9,12,14,16-21H2,1-5H3/t24?,26-,27?,29?,30?,32?/m1/s1. The van der Waals surface area contributed by atoms with Crippen molar-refractivity contribution in [2.45, 2.75) is 110 Å². The van der Waals surface area contributed by atoms with Crippen LogP contribution >= 0.6 is 15.9 Å². The molecule has 9 heteroatoms. The van der Waals surface area contributed by atoms with Crippen LogP contribution in [-0.2, 0) is 21.3 Å². The Morgan fingerprint density at radius 3 is 2.45 bits per heavy atom. The van der Waals surface area contributed by atoms with Crippen molar-refractivity contribution in [2.24, 2.45) is 11.3 Å². The zero-order valence-electron chi connectivity index (χ0n) is 25.8. The summed E-state index contributed by atoms with van der Waals surface area (Å²) in [5.41, 5.74) is 4.98. The van der Waals surface area contributed by atoms with Crippen molar-refractivity contribution >= 4 is 26.0 Å². The lowest BCUT2D eigenvalue weighted by Gasteiger charge is -2.41. The second-order valence-corrected chi connectivity index (χ2v) is 16.8. The van der Waals surface area contributed by atoms with E-state index >= 15 is 0 Å². The van der Waals surface area contributed by atoms with Gasteiger partial charge in [0.25, 0.3) is 0 Å². The molecular weight excluding hydrogens is 612 g/mol. The van der Waals surface area contributed by atoms with Crippen LogP contribution in [0.2, 0.25) is 0 Å². The summed E-state index contributed by atoms with van der Waals surface area (Å²) in [6.07, 6.45) is 4.17. The number of sulfonamides is 1. The van der Waals surface area contributed by atoms with E-state index < -0.39 is 21.6 Å². The first-order valence-electron chi connectivity index (χ1n) is 15.6. The van der Waals surface area contributed by atoms with Gasteiger partial charge in [0.2, 0.25) is 10.0 Å². The summed E-state index contributed by atoms with van der Waals surface area (Å²) in [4.78, 5) is 2.58. The first-order valence-corrected chi connectivity index (χ1v) is 17.9. The van der Waals surface area contributed by atoms with Gasteiger partial charge in [-0.25, -0.2) is 8.42 Å². The number of hydrogen-bond acceptors (Lipinski definition) is 6. The molecule has 5 unspecified atom stereocenters. The van der Waals surface area contributed by atoms with Gasteiger partial charge in [-0.15, -0.1) is 0 Å². The van der Waals surface area contributed by atoms with Crippen molar-refractivity contribution in [1.29, 1.82) is 0 Å². The van der Waals surface area contributed by atoms with Crippen molar-refractivity contribution in [3.8, 4) is 0 Å². The molecule has 232 valence electrons. The summed E-state index contributed by atoms with van der Waals surface area (Å²) < 4.78 is 38.5. The zero-order valence-corrected chi connectivity index (χ0v) is 28.2. The van der Waals surface area contributed by atoms with E-state index in [4.69, 9.17) is 4.74 Å². The van der Waals surface area contributed by atoms with E-state index in [9.17, 15) is 8.42 Å². The summed E-state index contributed by atoms with van der Waals surface area (Å²) in [5.74, 6) is 0.314. The van der Waals surface area contributed by atoms with Crippen LogP contribution < -0.4 is 15.4 Å². The monoisotopic (exact) mass is 660 g/mol. The van der Waals surface area contributed by atoms with Gasteiger partial charge in [0.05, 0.1) is 11.9 Å². The maximum absolute atomic E-state index is 13.8. The second-order valence-electron chi connectivity index (χ2n) is 13.9. The van der Waals surface area contributed by atoms with E-state index in [2.05, 4.69) is 113 Å². The fourth-order valence-electron chi connectivity index (χ4n) is 7.24. The third-order valence-corrected chi connectivity index (χ3v) is 11.8. The minimum absolute atomic E-state index is 0.0353. The number of hydrogen-bond donors (Lipinski definition) is 3. The average molecular weight is 662 g/mol. The van der Waals surface area contributed by atoms with Gasteiger partial charge in [0, 0.05) is 36.1 Å². The van der Waals surface area contributed by atoms with Gasteiger partial charge >= 0.3 is 0 Å². The maximum atomic E-state index is 13.8. The molecular formula is C33H49BrN4O3S. The summed E-state index contributed by atoms with van der Waals surface area (Å²) in [7, 11) is -3.55. The Kier molecular flexibility index (Phi) is 10.2. The highest BCUT2D eigenvalue weighted by Gasteiger charge is 2.39. The van der Waals surface area contributed by atoms with Crippen LogP contribution in [0.4, 0.5) is 0 Å². The molecule has 0 aromatic heterocycles. The van der Waals surface area contributed by atoms with Crippen LogP contribution in [0.1, 0.15) is 87.6 Å². The number of fused-ring (bicyclic) bond motifs is 4. The Labute approximate surface area is 261 Å². The molecule has 2 aliphatic heterocycles. The normalized spacial score (nSPS) is 31.0. The Morgan fingerprint density at radius 1 is 1.00 bits per heavy atom. The van der Waals surface area contributed by atoms with Crippen LogP contribution in [0.5, 0.6) is 0 Å². The van der Waals surface area contributed by atoms with E-state index in [0.717, 1.165) is 36.8 Å². The Balaban J connectivity index is 1.51. The highest BCUT2D eigenvalue weighted by atomic mass is 79.9. The molecule has 4 bridgehead atoms. The quantitative estimate of drug-likeness (QED) is 0.367. The highest BCUT2D eigenvalue weighted by molar-refractivity contribution is 9.10. The maximum Gasteiger partial charge on any atom is 0.216 e. The minimum atomic E-state index is -3.55. The number of halogens is 1. The lowest BCUT2D eigenvalue weighted by atomic mass is 9.85. The molecule has 7 nitrogen and oxygen atoms in total. The fourth-order valence-corrected chi connectivity index (χ4v) is 9.31. The first kappa shape index (κ1) is 32.1. The number of rotatable bonds is 4. The van der Waals surface area contributed by atoms with Crippen molar-refractivity contribution in [3.05, 3.63) is 69.2 Å². The lowest BCUT2D eigenvalue weighted by Crippen LogP contribution is -2.64. The van der Waals surface area contributed by atoms with Gasteiger partial charge in [-0.2, -0.15) is 4.72 Å². The van der Waals surface area contributed by atoms with Gasteiger partial charge in [0.15, 0.2) is 0 Å². The summed E-state index contributed by atoms with van der Waals surface area (Å²) in [6, 6.07) is 14.9. The SMILES string of the molecule is Cc1cccc(C)c1C1CC2NC(N1)NS(=O)(=O)C1CCCC(C1)CN(Cc1ccccc1Br)[C@H](CC(C)(C)C)CO2. The molecule has 6 atom stereocenters. The number of aryl methyl sites for hydroxylation is 2. The third-order valence-electron chi connectivity index (χ3n) is 9.19. The summed E-state index contributed by atoms with van der Waals surface area (Å²) in [5, 5.41) is 6.65. The van der Waals surface area contributed by atoms with Gasteiger partial charge in [0.1, 0.15) is 12.5 Å². The van der Waals surface area contributed by atoms with E-state index in [1.165, 1.54) is 22.3 Å². The third kappa shape index (κ3) is 8.03. The van der Waals surface area contributed by atoms with Crippen LogP contribution in [0.3, 0.4) is 0 Å². The fraction of sp³-hybridized carbons (Fsp3) is 0.636. The molecule has 3 aliphatic rings. The smallest absolute Gasteiger partial charge is 0.216 e. The molecule has 2 saturated heterocycles. The Hall–Kier alpha value is -1.33. The van der Waals surface area contributed by atoms with Crippen LogP contribution in [-0.4, -0.2) is 50.3 Å². The van der Waals surface area contributed by atoms with Crippen molar-refractivity contribution in [1.82, 2.24) is 20.3 Å². The molecule has 0 radical (unpaired) electrons. The predicted octanol–water partition coefficient (Wildman–Crippen LogP) is 6.12. The van der Waals surface area contributed by atoms with Crippen molar-refractivity contribution < 1.29 is 13.2 Å². The molecule has 1 aliphatic carbocycles. The molecule has 5 rings (SSSR count). The number of nitrogens with one attached hydrogen (secondary N) is 3. The molecule has 2 aromatic carbocycles. The topological polar surface area (TPSA) is 82.7 Å².